The summed E-state index contributed by atoms with van der Waals surface area (Å²) in [6.45, 7) is 2.01. The van der Waals surface area contributed by atoms with Crippen LogP contribution < -0.4 is 22.1 Å². The number of anilines is 1. The summed E-state index contributed by atoms with van der Waals surface area (Å²) in [5.74, 6) is 0.480. The van der Waals surface area contributed by atoms with Crippen LogP contribution in [-0.4, -0.2) is 19.1 Å². The second-order valence-corrected chi connectivity index (χ2v) is 5.55. The molecule has 3 heterocycles. The van der Waals surface area contributed by atoms with Crippen LogP contribution in [-0.2, 0) is 7.05 Å². The van der Waals surface area contributed by atoms with Crippen molar-refractivity contribution in [3.05, 3.63) is 56.7 Å². The second kappa shape index (κ2) is 5.12. The van der Waals surface area contributed by atoms with Crippen molar-refractivity contribution < 1.29 is 0 Å². The highest BCUT2D eigenvalue weighted by Crippen LogP contribution is 2.31. The lowest BCUT2D eigenvalue weighted by molar-refractivity contribution is 0.831. The van der Waals surface area contributed by atoms with Gasteiger partial charge in [-0.1, -0.05) is 37.3 Å². The molecule has 0 radical (unpaired) electrons. The normalized spacial score (nSPS) is 13.6. The zero-order chi connectivity index (χ0) is 16.8. The van der Waals surface area contributed by atoms with Crippen LogP contribution in [0.25, 0.3) is 22.6 Å². The third-order valence-corrected chi connectivity index (χ3v) is 4.17. The number of aryl methyl sites for hydroxylation is 1. The lowest BCUT2D eigenvalue weighted by Gasteiger charge is -2.24. The van der Waals surface area contributed by atoms with Gasteiger partial charge in [0.15, 0.2) is 11.2 Å². The molecule has 1 aromatic carbocycles. The van der Waals surface area contributed by atoms with Gasteiger partial charge >= 0.3 is 5.69 Å². The van der Waals surface area contributed by atoms with Crippen molar-refractivity contribution in [2.24, 2.45) is 7.05 Å². The van der Waals surface area contributed by atoms with E-state index in [1.807, 2.05) is 37.3 Å². The Labute approximate surface area is 136 Å². The van der Waals surface area contributed by atoms with Crippen LogP contribution in [0.5, 0.6) is 0 Å². The molecule has 8 nitrogen and oxygen atoms in total. The van der Waals surface area contributed by atoms with E-state index in [-0.39, 0.29) is 0 Å². The first-order chi connectivity index (χ1) is 11.6. The molecule has 0 bridgehead atoms. The molecule has 2 aromatic heterocycles. The number of H-pyrrole nitrogens is 1. The summed E-state index contributed by atoms with van der Waals surface area (Å²) < 4.78 is 3.10. The largest absolute Gasteiger partial charge is 0.329 e. The van der Waals surface area contributed by atoms with Gasteiger partial charge in [-0.25, -0.2) is 4.79 Å². The van der Waals surface area contributed by atoms with Gasteiger partial charge in [0, 0.05) is 12.6 Å². The first-order valence-electron chi connectivity index (χ1n) is 7.64. The predicted molar refractivity (Wildman–Crippen MR) is 92.2 cm³/mol. The summed E-state index contributed by atoms with van der Waals surface area (Å²) in [7, 11) is 1.58. The van der Waals surface area contributed by atoms with Crippen molar-refractivity contribution >= 4 is 28.5 Å². The number of hydrazine groups is 1. The lowest BCUT2D eigenvalue weighted by Crippen LogP contribution is -2.31. The summed E-state index contributed by atoms with van der Waals surface area (Å²) in [5.41, 5.74) is 8.70. The van der Waals surface area contributed by atoms with Gasteiger partial charge in [-0.05, 0) is 6.42 Å². The molecule has 0 aliphatic carbocycles. The average Bonchev–Trinajstić information content (AvgIpc) is 3.00. The van der Waals surface area contributed by atoms with E-state index in [1.165, 1.54) is 4.57 Å². The van der Waals surface area contributed by atoms with Crippen LogP contribution in [0, 0.1) is 0 Å². The molecule has 1 aliphatic rings. The van der Waals surface area contributed by atoms with Crippen LogP contribution in [0.15, 0.2) is 39.9 Å². The van der Waals surface area contributed by atoms with Gasteiger partial charge in [0.1, 0.15) is 0 Å². The van der Waals surface area contributed by atoms with Crippen molar-refractivity contribution in [2.75, 3.05) is 5.43 Å². The topological polar surface area (TPSA) is 96.7 Å². The summed E-state index contributed by atoms with van der Waals surface area (Å²) in [5, 5.41) is 0. The van der Waals surface area contributed by atoms with Gasteiger partial charge in [0.25, 0.3) is 5.56 Å². The molecule has 0 saturated carbocycles. The number of rotatable bonds is 2. The Morgan fingerprint density at radius 2 is 1.88 bits per heavy atom. The molecule has 4 rings (SSSR count). The summed E-state index contributed by atoms with van der Waals surface area (Å²) in [6, 6.07) is 9.84. The number of imidazole rings is 1. The van der Waals surface area contributed by atoms with Crippen molar-refractivity contribution in [1.29, 1.82) is 0 Å². The number of aromatic amines is 1. The molecule has 0 atom stereocenters. The van der Waals surface area contributed by atoms with Crippen LogP contribution >= 0.6 is 0 Å². The van der Waals surface area contributed by atoms with E-state index in [0.717, 1.165) is 17.0 Å². The molecule has 0 saturated heterocycles. The average molecular weight is 324 g/mol. The molecule has 3 N–H and O–H groups in total. The molecule has 0 fully saturated rings. The van der Waals surface area contributed by atoms with Crippen LogP contribution in [0.1, 0.15) is 18.9 Å². The van der Waals surface area contributed by atoms with Crippen molar-refractivity contribution in [1.82, 2.24) is 24.5 Å². The first kappa shape index (κ1) is 14.3. The zero-order valence-electron chi connectivity index (χ0n) is 13.3. The molecule has 0 spiro atoms. The van der Waals surface area contributed by atoms with Crippen molar-refractivity contribution in [3.63, 3.8) is 0 Å². The van der Waals surface area contributed by atoms with Crippen molar-refractivity contribution in [3.8, 4) is 0 Å². The number of hydrogen-bond acceptors (Lipinski definition) is 5. The van der Waals surface area contributed by atoms with E-state index >= 15 is 0 Å². The highest BCUT2D eigenvalue weighted by molar-refractivity contribution is 5.91. The quantitative estimate of drug-likeness (QED) is 0.656. The van der Waals surface area contributed by atoms with Gasteiger partial charge in [-0.3, -0.25) is 29.8 Å². The third-order valence-electron chi connectivity index (χ3n) is 4.17. The Balaban J connectivity index is 2.10. The molecular formula is C16H16N6O2. The van der Waals surface area contributed by atoms with E-state index in [1.54, 1.807) is 11.6 Å². The molecular weight excluding hydrogens is 308 g/mol. The molecule has 24 heavy (non-hydrogen) atoms. The summed E-state index contributed by atoms with van der Waals surface area (Å²) in [4.78, 5) is 30.9. The Bertz CT molecular complexity index is 1090. The van der Waals surface area contributed by atoms with E-state index in [4.69, 9.17) is 0 Å². The molecule has 122 valence electrons. The smallest absolute Gasteiger partial charge is 0.296 e. The van der Waals surface area contributed by atoms with E-state index in [9.17, 15) is 9.59 Å². The fraction of sp³-hybridized carbons (Fsp3) is 0.188. The van der Waals surface area contributed by atoms with Gasteiger partial charge in [-0.2, -0.15) is 4.98 Å². The number of allylic oxidation sites excluding steroid dienone is 1. The molecule has 8 heteroatoms. The minimum atomic E-state index is -0.485. The Morgan fingerprint density at radius 3 is 2.58 bits per heavy atom. The fourth-order valence-electron chi connectivity index (χ4n) is 3.01. The standard InChI is InChI=1S/C16H16N6O2/c1-3-10-11(9-7-5-4-6-8-9)19-20-15-17-13-12(22(10)15)14(23)18-16(24)21(13)2/h4-8,19H,3H2,1-2H3,(H,17,20)(H,18,23,24). The SMILES string of the molecule is CCC1=C(c2ccccc2)NNc2nc3c(c(=O)[nH]c(=O)n3C)n21. The molecule has 0 amide bonds. The van der Waals surface area contributed by atoms with Gasteiger partial charge in [-0.15, -0.1) is 0 Å². The van der Waals surface area contributed by atoms with E-state index in [2.05, 4.69) is 20.8 Å². The van der Waals surface area contributed by atoms with Crippen LogP contribution in [0.3, 0.4) is 0 Å². The Morgan fingerprint density at radius 1 is 1.12 bits per heavy atom. The third kappa shape index (κ3) is 1.89. The fourth-order valence-corrected chi connectivity index (χ4v) is 3.01. The molecule has 3 aromatic rings. The monoisotopic (exact) mass is 324 g/mol. The number of hydrogen-bond donors (Lipinski definition) is 3. The first-order valence-corrected chi connectivity index (χ1v) is 7.64. The highest BCUT2D eigenvalue weighted by Gasteiger charge is 2.25. The number of nitrogens with zero attached hydrogens (tertiary/aromatic N) is 3. The maximum atomic E-state index is 12.4. The second-order valence-electron chi connectivity index (χ2n) is 5.55. The van der Waals surface area contributed by atoms with E-state index in [0.29, 0.717) is 23.5 Å². The van der Waals surface area contributed by atoms with Gasteiger partial charge < -0.3 is 0 Å². The molecule has 1 aliphatic heterocycles. The maximum Gasteiger partial charge on any atom is 0.329 e. The Kier molecular flexibility index (Phi) is 3.05. The lowest BCUT2D eigenvalue weighted by atomic mass is 10.1. The van der Waals surface area contributed by atoms with Crippen LogP contribution in [0.2, 0.25) is 0 Å². The summed E-state index contributed by atoms with van der Waals surface area (Å²) in [6.07, 6.45) is 0.680. The minimum Gasteiger partial charge on any atom is -0.296 e. The highest BCUT2D eigenvalue weighted by atomic mass is 16.2. The number of nitrogens with one attached hydrogen (secondary N) is 3. The minimum absolute atomic E-state index is 0.341. The molecule has 0 unspecified atom stereocenters. The van der Waals surface area contributed by atoms with Crippen molar-refractivity contribution in [2.45, 2.75) is 13.3 Å². The van der Waals surface area contributed by atoms with E-state index < -0.39 is 11.2 Å². The maximum absolute atomic E-state index is 12.4. The Hall–Kier alpha value is -3.29. The zero-order valence-corrected chi connectivity index (χ0v) is 13.3. The summed E-state index contributed by atoms with van der Waals surface area (Å²) >= 11 is 0. The van der Waals surface area contributed by atoms with Crippen LogP contribution in [0.4, 0.5) is 5.95 Å². The number of fused-ring (bicyclic) bond motifs is 3. The van der Waals surface area contributed by atoms with Gasteiger partial charge in [0.05, 0.1) is 11.4 Å². The number of benzene rings is 1. The predicted octanol–water partition coefficient (Wildman–Crippen LogP) is 1.09. The van der Waals surface area contributed by atoms with Gasteiger partial charge in [0.2, 0.25) is 5.95 Å². The number of aromatic nitrogens is 4.